The van der Waals surface area contributed by atoms with Crippen LogP contribution in [0.5, 0.6) is 0 Å². The van der Waals surface area contributed by atoms with Crippen LogP contribution in [-0.4, -0.2) is 55.5 Å². The monoisotopic (exact) mass is 491 g/mol. The van der Waals surface area contributed by atoms with Gasteiger partial charge >= 0.3 is 6.03 Å². The van der Waals surface area contributed by atoms with Gasteiger partial charge in [0.1, 0.15) is 5.82 Å². The van der Waals surface area contributed by atoms with Gasteiger partial charge in [-0.3, -0.25) is 14.7 Å². The van der Waals surface area contributed by atoms with Crippen molar-refractivity contribution in [3.05, 3.63) is 35.6 Å². The molecule has 150 valence electrons. The van der Waals surface area contributed by atoms with Crippen LogP contribution in [-0.2, 0) is 10.2 Å². The number of rotatable bonds is 7. The number of benzene rings is 1. The van der Waals surface area contributed by atoms with Crippen molar-refractivity contribution in [3.8, 4) is 0 Å². The molecule has 1 heterocycles. The molecule has 0 unspecified atom stereocenters. The Labute approximate surface area is 176 Å². The van der Waals surface area contributed by atoms with Crippen molar-refractivity contribution in [2.45, 2.75) is 26.2 Å². The van der Waals surface area contributed by atoms with E-state index in [1.807, 2.05) is 26.8 Å². The van der Waals surface area contributed by atoms with Crippen molar-refractivity contribution >= 4 is 41.9 Å². The summed E-state index contributed by atoms with van der Waals surface area (Å²) in [6, 6.07) is 6.15. The highest BCUT2D eigenvalue weighted by molar-refractivity contribution is 14.0. The Morgan fingerprint density at radius 1 is 1.33 bits per heavy atom. The first-order chi connectivity index (χ1) is 12.3. The molecule has 7 nitrogen and oxygen atoms in total. The first-order valence-electron chi connectivity index (χ1n) is 8.70. The number of carbonyl (C=O) groups excluding carboxylic acids is 2. The Bertz CT molecular complexity index is 680. The molecule has 0 saturated carbocycles. The molecule has 3 amide bonds. The molecule has 0 aromatic heterocycles. The number of hydrogen-bond donors (Lipinski definition) is 3. The molecule has 1 aromatic rings. The van der Waals surface area contributed by atoms with Gasteiger partial charge in [0.05, 0.1) is 13.1 Å². The van der Waals surface area contributed by atoms with Crippen LogP contribution in [0.25, 0.3) is 0 Å². The summed E-state index contributed by atoms with van der Waals surface area (Å²) >= 11 is 0. The highest BCUT2D eigenvalue weighted by Gasteiger charge is 2.27. The predicted molar refractivity (Wildman–Crippen MR) is 114 cm³/mol. The molecule has 0 bridgehead atoms. The summed E-state index contributed by atoms with van der Waals surface area (Å²) in [5, 5.41) is 8.73. The van der Waals surface area contributed by atoms with E-state index < -0.39 is 0 Å². The van der Waals surface area contributed by atoms with Crippen molar-refractivity contribution in [3.63, 3.8) is 0 Å². The Morgan fingerprint density at radius 3 is 2.67 bits per heavy atom. The number of guanidine groups is 1. The predicted octanol–water partition coefficient (Wildman–Crippen LogP) is 1.83. The van der Waals surface area contributed by atoms with Gasteiger partial charge in [0.25, 0.3) is 0 Å². The molecule has 1 saturated heterocycles. The lowest BCUT2D eigenvalue weighted by Crippen LogP contribution is -2.43. The summed E-state index contributed by atoms with van der Waals surface area (Å²) in [5.74, 6) is 0.0909. The normalized spacial score (nSPS) is 14.7. The van der Waals surface area contributed by atoms with E-state index in [2.05, 4.69) is 20.9 Å². The van der Waals surface area contributed by atoms with Crippen LogP contribution in [0.1, 0.15) is 26.3 Å². The summed E-state index contributed by atoms with van der Waals surface area (Å²) in [4.78, 5) is 28.8. The summed E-state index contributed by atoms with van der Waals surface area (Å²) in [5.41, 5.74) is 0.534. The second kappa shape index (κ2) is 10.4. The first-order valence-corrected chi connectivity index (χ1v) is 8.70. The SMILES string of the molecule is CCNC(=NCC(C)(C)c1cccc(F)c1)NCCN1C(=O)CNC1=O.I. The van der Waals surface area contributed by atoms with Crippen LogP contribution in [0.3, 0.4) is 0 Å². The number of aliphatic imine (C=N–C) groups is 1. The fraction of sp³-hybridized carbons (Fsp3) is 0.500. The second-order valence-electron chi connectivity index (χ2n) is 6.72. The molecular formula is C18H27FIN5O2. The van der Waals surface area contributed by atoms with Gasteiger partial charge in [-0.05, 0) is 24.6 Å². The van der Waals surface area contributed by atoms with Crippen LogP contribution in [0, 0.1) is 5.82 Å². The largest absolute Gasteiger partial charge is 0.357 e. The highest BCUT2D eigenvalue weighted by Crippen LogP contribution is 2.24. The van der Waals surface area contributed by atoms with Crippen molar-refractivity contribution in [2.75, 3.05) is 32.7 Å². The van der Waals surface area contributed by atoms with Gasteiger partial charge in [-0.15, -0.1) is 24.0 Å². The van der Waals surface area contributed by atoms with E-state index in [0.717, 1.165) is 5.56 Å². The molecule has 1 aliphatic heterocycles. The van der Waals surface area contributed by atoms with Crippen molar-refractivity contribution in [1.29, 1.82) is 0 Å². The van der Waals surface area contributed by atoms with Crippen LogP contribution in [0.15, 0.2) is 29.3 Å². The highest BCUT2D eigenvalue weighted by atomic mass is 127. The lowest BCUT2D eigenvalue weighted by Gasteiger charge is -2.24. The van der Waals surface area contributed by atoms with Crippen molar-refractivity contribution in [2.24, 2.45) is 4.99 Å². The van der Waals surface area contributed by atoms with Crippen LogP contribution in [0.4, 0.5) is 9.18 Å². The number of hydrogen-bond acceptors (Lipinski definition) is 3. The molecule has 0 atom stereocenters. The van der Waals surface area contributed by atoms with E-state index in [1.54, 1.807) is 6.07 Å². The Balaban J connectivity index is 0.00000364. The lowest BCUT2D eigenvalue weighted by molar-refractivity contribution is -0.124. The Morgan fingerprint density at radius 2 is 2.07 bits per heavy atom. The number of halogens is 2. The molecule has 1 aliphatic rings. The minimum Gasteiger partial charge on any atom is -0.357 e. The van der Waals surface area contributed by atoms with E-state index in [1.165, 1.54) is 17.0 Å². The molecular weight excluding hydrogens is 464 g/mol. The van der Waals surface area contributed by atoms with Crippen LogP contribution >= 0.6 is 24.0 Å². The maximum atomic E-state index is 13.5. The number of amides is 3. The summed E-state index contributed by atoms with van der Waals surface area (Å²) < 4.78 is 13.5. The first kappa shape index (κ1) is 23.1. The standard InChI is InChI=1S/C18H26FN5O2.HI/c1-4-20-16(21-8-9-24-15(25)11-22-17(24)26)23-12-18(2,3)13-6-5-7-14(19)10-13;/h5-7,10H,4,8-9,11-12H2,1-3H3,(H,22,26)(H2,20,21,23);1H. The fourth-order valence-corrected chi connectivity index (χ4v) is 2.59. The molecule has 3 N–H and O–H groups in total. The van der Waals surface area contributed by atoms with Gasteiger partial charge in [-0.25, -0.2) is 9.18 Å². The van der Waals surface area contributed by atoms with E-state index >= 15 is 0 Å². The smallest absolute Gasteiger partial charge is 0.324 e. The van der Waals surface area contributed by atoms with Crippen molar-refractivity contribution in [1.82, 2.24) is 20.9 Å². The average Bonchev–Trinajstić information content (AvgIpc) is 2.91. The summed E-state index contributed by atoms with van der Waals surface area (Å²) in [7, 11) is 0. The molecule has 0 aliphatic carbocycles. The molecule has 0 spiro atoms. The van der Waals surface area contributed by atoms with Crippen LogP contribution < -0.4 is 16.0 Å². The van der Waals surface area contributed by atoms with E-state index in [4.69, 9.17) is 0 Å². The van der Waals surface area contributed by atoms with Gasteiger partial charge < -0.3 is 16.0 Å². The number of urea groups is 1. The molecule has 9 heteroatoms. The zero-order chi connectivity index (χ0) is 19.2. The lowest BCUT2D eigenvalue weighted by atomic mass is 9.85. The van der Waals surface area contributed by atoms with Gasteiger partial charge in [-0.2, -0.15) is 0 Å². The third-order valence-corrected chi connectivity index (χ3v) is 4.15. The number of nitrogens with zero attached hydrogens (tertiary/aromatic N) is 2. The number of nitrogens with one attached hydrogen (secondary N) is 3. The second-order valence-corrected chi connectivity index (χ2v) is 6.72. The molecule has 27 heavy (non-hydrogen) atoms. The minimum absolute atomic E-state index is 0. The molecule has 2 rings (SSSR count). The van der Waals surface area contributed by atoms with Crippen molar-refractivity contribution < 1.29 is 14.0 Å². The molecule has 0 radical (unpaired) electrons. The number of carbonyl (C=O) groups is 2. The Kier molecular flexibility index (Phi) is 8.94. The zero-order valence-corrected chi connectivity index (χ0v) is 18.2. The van der Waals surface area contributed by atoms with E-state index in [-0.39, 0.29) is 60.2 Å². The summed E-state index contributed by atoms with van der Waals surface area (Å²) in [6.45, 7) is 7.79. The average molecular weight is 491 g/mol. The Hall–Kier alpha value is -1.91. The quantitative estimate of drug-likeness (QED) is 0.235. The maximum absolute atomic E-state index is 13.5. The number of imide groups is 1. The van der Waals surface area contributed by atoms with Gasteiger partial charge in [0, 0.05) is 25.0 Å². The topological polar surface area (TPSA) is 85.8 Å². The summed E-state index contributed by atoms with van der Waals surface area (Å²) in [6.07, 6.45) is 0. The molecule has 1 aromatic carbocycles. The van der Waals surface area contributed by atoms with E-state index in [9.17, 15) is 14.0 Å². The van der Waals surface area contributed by atoms with Crippen LogP contribution in [0.2, 0.25) is 0 Å². The minimum atomic E-state index is -0.369. The van der Waals surface area contributed by atoms with Gasteiger partial charge in [-0.1, -0.05) is 26.0 Å². The van der Waals surface area contributed by atoms with Gasteiger partial charge in [0.2, 0.25) is 5.91 Å². The molecule has 1 fully saturated rings. The zero-order valence-electron chi connectivity index (χ0n) is 15.8. The van der Waals surface area contributed by atoms with E-state index in [0.29, 0.717) is 25.6 Å². The fourth-order valence-electron chi connectivity index (χ4n) is 2.59. The maximum Gasteiger partial charge on any atom is 0.324 e. The third-order valence-electron chi connectivity index (χ3n) is 4.15. The third kappa shape index (κ3) is 6.64. The van der Waals surface area contributed by atoms with Gasteiger partial charge in [0.15, 0.2) is 5.96 Å².